The van der Waals surface area contributed by atoms with Gasteiger partial charge in [-0.25, -0.2) is 0 Å². The van der Waals surface area contributed by atoms with Gasteiger partial charge in [0.15, 0.2) is 5.82 Å². The second kappa shape index (κ2) is 7.59. The molecule has 6 nitrogen and oxygen atoms in total. The summed E-state index contributed by atoms with van der Waals surface area (Å²) in [6, 6.07) is 11.3. The Bertz CT molecular complexity index is 663. The van der Waals surface area contributed by atoms with Crippen LogP contribution in [0.4, 0.5) is 5.82 Å². The van der Waals surface area contributed by atoms with Gasteiger partial charge in [0.05, 0.1) is 0 Å². The number of hydrogen-bond donors (Lipinski definition) is 1. The first-order chi connectivity index (χ1) is 11.7. The van der Waals surface area contributed by atoms with E-state index in [0.717, 1.165) is 38.3 Å². The van der Waals surface area contributed by atoms with Crippen molar-refractivity contribution in [2.45, 2.75) is 19.9 Å². The molecule has 1 amide bonds. The Balaban J connectivity index is 1.78. The van der Waals surface area contributed by atoms with E-state index >= 15 is 0 Å². The van der Waals surface area contributed by atoms with E-state index in [-0.39, 0.29) is 11.9 Å². The largest absolute Gasteiger partial charge is 0.360 e. The van der Waals surface area contributed by atoms with Crippen LogP contribution in [0, 0.1) is 6.92 Å². The van der Waals surface area contributed by atoms with Crippen LogP contribution in [0.25, 0.3) is 0 Å². The number of benzene rings is 1. The Hall–Kier alpha value is -2.18. The molecule has 1 aliphatic rings. The summed E-state index contributed by atoms with van der Waals surface area (Å²) in [6.45, 7) is 8.74. The zero-order chi connectivity index (χ0) is 16.9. The minimum atomic E-state index is -0.317. The van der Waals surface area contributed by atoms with Crippen molar-refractivity contribution in [1.82, 2.24) is 15.0 Å². The minimum absolute atomic E-state index is 0.0700. The molecular weight excluding hydrogens is 304 g/mol. The molecule has 1 fully saturated rings. The van der Waals surface area contributed by atoms with Gasteiger partial charge in [-0.2, -0.15) is 0 Å². The lowest BCUT2D eigenvalue weighted by Gasteiger charge is -2.38. The molecule has 3 rings (SSSR count). The Labute approximate surface area is 142 Å². The maximum Gasteiger partial charge on any atom is 0.247 e. The van der Waals surface area contributed by atoms with Crippen LogP contribution in [0.15, 0.2) is 40.9 Å². The molecule has 1 N–H and O–H groups in total. The molecule has 0 saturated carbocycles. The third-order valence-electron chi connectivity index (χ3n) is 4.46. The number of piperazine rings is 1. The van der Waals surface area contributed by atoms with Crippen LogP contribution in [0.5, 0.6) is 0 Å². The van der Waals surface area contributed by atoms with Crippen molar-refractivity contribution in [2.24, 2.45) is 0 Å². The molecule has 1 aromatic carbocycles. The number of likely N-dealkylation sites (N-methyl/N-ethyl adjacent to an activating group) is 1. The van der Waals surface area contributed by atoms with Gasteiger partial charge in [-0.1, -0.05) is 42.4 Å². The molecule has 6 heteroatoms. The monoisotopic (exact) mass is 328 g/mol. The molecule has 24 heavy (non-hydrogen) atoms. The highest BCUT2D eigenvalue weighted by Gasteiger charge is 2.30. The summed E-state index contributed by atoms with van der Waals surface area (Å²) < 4.78 is 5.04. The third-order valence-corrected chi connectivity index (χ3v) is 4.46. The first kappa shape index (κ1) is 16.7. The van der Waals surface area contributed by atoms with Gasteiger partial charge in [0.25, 0.3) is 0 Å². The molecular formula is C18H24N4O2. The molecule has 1 saturated heterocycles. The van der Waals surface area contributed by atoms with Crippen molar-refractivity contribution >= 4 is 11.7 Å². The molecule has 1 aliphatic heterocycles. The van der Waals surface area contributed by atoms with Gasteiger partial charge in [-0.05, 0) is 19.0 Å². The predicted molar refractivity (Wildman–Crippen MR) is 92.7 cm³/mol. The highest BCUT2D eigenvalue weighted by atomic mass is 16.5. The second-order valence-electron chi connectivity index (χ2n) is 6.10. The summed E-state index contributed by atoms with van der Waals surface area (Å²) in [5.74, 6) is 1.07. The van der Waals surface area contributed by atoms with Crippen molar-refractivity contribution in [3.8, 4) is 0 Å². The van der Waals surface area contributed by atoms with Crippen LogP contribution >= 0.6 is 0 Å². The third kappa shape index (κ3) is 3.83. The summed E-state index contributed by atoms with van der Waals surface area (Å²) in [4.78, 5) is 17.6. The molecule has 0 radical (unpaired) electrons. The van der Waals surface area contributed by atoms with E-state index in [9.17, 15) is 4.79 Å². The number of nitrogens with one attached hydrogen (secondary N) is 1. The van der Waals surface area contributed by atoms with Crippen LogP contribution in [0.2, 0.25) is 0 Å². The summed E-state index contributed by atoms with van der Waals surface area (Å²) in [7, 11) is 0. The Kier molecular flexibility index (Phi) is 5.27. The van der Waals surface area contributed by atoms with Crippen LogP contribution < -0.4 is 5.32 Å². The maximum absolute atomic E-state index is 12.9. The lowest BCUT2D eigenvalue weighted by molar-refractivity contribution is -0.122. The molecule has 0 aliphatic carbocycles. The fourth-order valence-electron chi connectivity index (χ4n) is 3.12. The number of carbonyl (C=O) groups excluding carboxylic acids is 1. The summed E-state index contributed by atoms with van der Waals surface area (Å²) >= 11 is 0. The van der Waals surface area contributed by atoms with E-state index < -0.39 is 0 Å². The second-order valence-corrected chi connectivity index (χ2v) is 6.10. The molecule has 1 aromatic heterocycles. The van der Waals surface area contributed by atoms with Crippen molar-refractivity contribution in [1.29, 1.82) is 0 Å². The van der Waals surface area contributed by atoms with Crippen LogP contribution in [0.1, 0.15) is 24.3 Å². The quantitative estimate of drug-likeness (QED) is 0.912. The van der Waals surface area contributed by atoms with Gasteiger partial charge in [0, 0.05) is 32.2 Å². The molecule has 2 aromatic rings. The topological polar surface area (TPSA) is 61.6 Å². The Morgan fingerprint density at radius 3 is 2.54 bits per heavy atom. The van der Waals surface area contributed by atoms with Gasteiger partial charge < -0.3 is 14.7 Å². The van der Waals surface area contributed by atoms with Crippen LogP contribution in [-0.2, 0) is 4.79 Å². The van der Waals surface area contributed by atoms with Crippen LogP contribution in [-0.4, -0.2) is 53.6 Å². The van der Waals surface area contributed by atoms with Gasteiger partial charge in [0.2, 0.25) is 5.91 Å². The zero-order valence-corrected chi connectivity index (χ0v) is 14.2. The zero-order valence-electron chi connectivity index (χ0n) is 14.2. The van der Waals surface area contributed by atoms with Gasteiger partial charge in [-0.3, -0.25) is 9.69 Å². The molecule has 128 valence electrons. The summed E-state index contributed by atoms with van der Waals surface area (Å²) in [5, 5.41) is 6.75. The highest BCUT2D eigenvalue weighted by Crippen LogP contribution is 2.24. The lowest BCUT2D eigenvalue weighted by atomic mass is 10.0. The number of aryl methyl sites for hydroxylation is 1. The fourth-order valence-corrected chi connectivity index (χ4v) is 3.12. The van der Waals surface area contributed by atoms with Crippen molar-refractivity contribution < 1.29 is 9.32 Å². The number of carbonyl (C=O) groups is 1. The molecule has 0 bridgehead atoms. The Morgan fingerprint density at radius 1 is 1.25 bits per heavy atom. The summed E-state index contributed by atoms with van der Waals surface area (Å²) in [6.07, 6.45) is 0. The fraction of sp³-hybridized carbons (Fsp3) is 0.444. The smallest absolute Gasteiger partial charge is 0.247 e. The lowest BCUT2D eigenvalue weighted by Crippen LogP contribution is -2.49. The Morgan fingerprint density at radius 2 is 1.96 bits per heavy atom. The van der Waals surface area contributed by atoms with E-state index in [0.29, 0.717) is 11.6 Å². The highest BCUT2D eigenvalue weighted by molar-refractivity contribution is 5.94. The number of rotatable bonds is 5. The number of hydrogen-bond acceptors (Lipinski definition) is 5. The van der Waals surface area contributed by atoms with E-state index in [1.165, 1.54) is 0 Å². The average molecular weight is 328 g/mol. The van der Waals surface area contributed by atoms with E-state index in [2.05, 4.69) is 27.2 Å². The predicted octanol–water partition coefficient (Wildman–Crippen LogP) is 2.30. The van der Waals surface area contributed by atoms with E-state index in [1.54, 1.807) is 13.0 Å². The van der Waals surface area contributed by atoms with Crippen molar-refractivity contribution in [3.63, 3.8) is 0 Å². The van der Waals surface area contributed by atoms with E-state index in [1.807, 2.05) is 30.3 Å². The minimum Gasteiger partial charge on any atom is -0.360 e. The first-order valence-electron chi connectivity index (χ1n) is 8.43. The maximum atomic E-state index is 12.9. The normalized spacial score (nSPS) is 17.6. The number of amides is 1. The number of aromatic nitrogens is 1. The number of nitrogens with zero attached hydrogens (tertiary/aromatic N) is 3. The van der Waals surface area contributed by atoms with Crippen LogP contribution in [0.3, 0.4) is 0 Å². The summed E-state index contributed by atoms with van der Waals surface area (Å²) in [5.41, 5.74) is 1.00. The van der Waals surface area contributed by atoms with E-state index in [4.69, 9.17) is 4.52 Å². The van der Waals surface area contributed by atoms with Crippen molar-refractivity contribution in [2.75, 3.05) is 38.0 Å². The van der Waals surface area contributed by atoms with Gasteiger partial charge in [-0.15, -0.1) is 0 Å². The average Bonchev–Trinajstić information content (AvgIpc) is 3.01. The number of anilines is 1. The standard InChI is InChI=1S/C18H24N4O2/c1-3-21-9-11-22(12-10-21)17(15-7-5-4-6-8-15)18(23)19-16-13-14(2)24-20-16/h4-8,13,17H,3,9-12H2,1-2H3,(H,19,20,23)/t17-/m1/s1. The molecule has 0 unspecified atom stereocenters. The first-order valence-corrected chi connectivity index (χ1v) is 8.43. The molecule has 2 heterocycles. The molecule has 1 atom stereocenters. The van der Waals surface area contributed by atoms with Crippen molar-refractivity contribution in [3.05, 3.63) is 47.7 Å². The molecule has 0 spiro atoms. The van der Waals surface area contributed by atoms with Gasteiger partial charge in [0.1, 0.15) is 11.8 Å². The van der Waals surface area contributed by atoms with Gasteiger partial charge >= 0.3 is 0 Å². The SMILES string of the molecule is CCN1CCN([C@@H](C(=O)Nc2cc(C)on2)c2ccccc2)CC1.